The largest absolute Gasteiger partial charge is 0.281 e. The van der Waals surface area contributed by atoms with Gasteiger partial charge >= 0.3 is 0 Å². The van der Waals surface area contributed by atoms with Gasteiger partial charge in [0.25, 0.3) is 0 Å². The molecule has 1 aromatic rings. The molecule has 0 saturated heterocycles. The topological polar surface area (TPSA) is 17.1 Å². The first-order valence-corrected chi connectivity index (χ1v) is 5.64. The van der Waals surface area contributed by atoms with Crippen LogP contribution >= 0.6 is 27.5 Å². The molecule has 0 aliphatic heterocycles. The van der Waals surface area contributed by atoms with Gasteiger partial charge in [0, 0.05) is 4.47 Å². The molecule has 1 aromatic carbocycles. The number of carbonyl (C=O) groups is 1. The van der Waals surface area contributed by atoms with Gasteiger partial charge in [0.05, 0.1) is 5.92 Å². The molecular formula is C11H12BrClO. The van der Waals surface area contributed by atoms with Crippen molar-refractivity contribution in [3.8, 4) is 0 Å². The van der Waals surface area contributed by atoms with Crippen LogP contribution in [0.15, 0.2) is 28.7 Å². The van der Waals surface area contributed by atoms with Crippen LogP contribution in [0.4, 0.5) is 0 Å². The van der Waals surface area contributed by atoms with Crippen LogP contribution in [0.2, 0.25) is 0 Å². The van der Waals surface area contributed by atoms with Gasteiger partial charge in [0.15, 0.2) is 0 Å². The first-order valence-electron chi connectivity index (χ1n) is 4.47. The third kappa shape index (κ3) is 2.82. The first-order chi connectivity index (χ1) is 6.52. The van der Waals surface area contributed by atoms with Crippen molar-refractivity contribution >= 4 is 32.8 Å². The molecule has 1 atom stereocenters. The molecule has 0 amide bonds. The average molecular weight is 276 g/mol. The lowest BCUT2D eigenvalue weighted by Crippen LogP contribution is -2.13. The summed E-state index contributed by atoms with van der Waals surface area (Å²) in [6, 6.07) is 7.70. The van der Waals surface area contributed by atoms with E-state index >= 15 is 0 Å². The van der Waals surface area contributed by atoms with Crippen LogP contribution in [0.3, 0.4) is 0 Å². The maximum atomic E-state index is 11.2. The summed E-state index contributed by atoms with van der Waals surface area (Å²) in [5, 5.41) is -0.293. The predicted octanol–water partition coefficient (Wildman–Crippen LogP) is 3.95. The van der Waals surface area contributed by atoms with Gasteiger partial charge in [0.1, 0.15) is 0 Å². The summed E-state index contributed by atoms with van der Waals surface area (Å²) in [6.45, 7) is 3.98. The Morgan fingerprint density at radius 1 is 1.43 bits per heavy atom. The van der Waals surface area contributed by atoms with E-state index in [1.807, 2.05) is 38.1 Å². The molecule has 0 aliphatic rings. The molecule has 0 N–H and O–H groups in total. The summed E-state index contributed by atoms with van der Waals surface area (Å²) in [7, 11) is 0. The second-order valence-electron chi connectivity index (χ2n) is 3.58. The second-order valence-corrected chi connectivity index (χ2v) is 4.87. The summed E-state index contributed by atoms with van der Waals surface area (Å²) in [4.78, 5) is 11.2. The van der Waals surface area contributed by atoms with Crippen molar-refractivity contribution in [2.75, 3.05) is 0 Å². The van der Waals surface area contributed by atoms with Crippen molar-refractivity contribution in [1.29, 1.82) is 0 Å². The SMILES string of the molecule is CC(C)C(C(=O)Cl)c1cccc(Br)c1. The van der Waals surface area contributed by atoms with Crippen LogP contribution < -0.4 is 0 Å². The third-order valence-corrected chi connectivity index (χ3v) is 2.85. The van der Waals surface area contributed by atoms with Gasteiger partial charge in [-0.2, -0.15) is 0 Å². The fraction of sp³-hybridized carbons (Fsp3) is 0.364. The number of hydrogen-bond donors (Lipinski definition) is 0. The van der Waals surface area contributed by atoms with Crippen molar-refractivity contribution in [2.24, 2.45) is 5.92 Å². The van der Waals surface area contributed by atoms with Gasteiger partial charge < -0.3 is 0 Å². The Kier molecular flexibility index (Phi) is 4.14. The second kappa shape index (κ2) is 4.94. The van der Waals surface area contributed by atoms with E-state index in [0.29, 0.717) is 0 Å². The van der Waals surface area contributed by atoms with E-state index in [0.717, 1.165) is 10.0 Å². The molecule has 0 aromatic heterocycles. The van der Waals surface area contributed by atoms with Gasteiger partial charge in [-0.05, 0) is 35.2 Å². The lowest BCUT2D eigenvalue weighted by Gasteiger charge is -2.16. The van der Waals surface area contributed by atoms with Gasteiger partial charge in [-0.3, -0.25) is 4.79 Å². The highest BCUT2D eigenvalue weighted by Gasteiger charge is 2.22. The zero-order chi connectivity index (χ0) is 10.7. The molecule has 0 radical (unpaired) electrons. The maximum absolute atomic E-state index is 11.2. The molecule has 0 bridgehead atoms. The standard InChI is InChI=1S/C11H12BrClO/c1-7(2)10(11(13)14)8-4-3-5-9(12)6-8/h3-7,10H,1-2H3. The molecule has 3 heteroatoms. The van der Waals surface area contributed by atoms with Crippen LogP contribution in [0.5, 0.6) is 0 Å². The summed E-state index contributed by atoms with van der Waals surface area (Å²) in [5.41, 5.74) is 0.967. The summed E-state index contributed by atoms with van der Waals surface area (Å²) < 4.78 is 0.971. The summed E-state index contributed by atoms with van der Waals surface area (Å²) in [5.74, 6) is 0.00321. The van der Waals surface area contributed by atoms with Crippen LogP contribution in [-0.4, -0.2) is 5.24 Å². The van der Waals surface area contributed by atoms with Crippen LogP contribution in [0.25, 0.3) is 0 Å². The number of halogens is 2. The monoisotopic (exact) mass is 274 g/mol. The molecule has 0 spiro atoms. The number of benzene rings is 1. The molecule has 14 heavy (non-hydrogen) atoms. The maximum Gasteiger partial charge on any atom is 0.229 e. The zero-order valence-corrected chi connectivity index (χ0v) is 10.5. The lowest BCUT2D eigenvalue weighted by atomic mass is 9.90. The van der Waals surface area contributed by atoms with Gasteiger partial charge in [-0.25, -0.2) is 0 Å². The number of hydrogen-bond acceptors (Lipinski definition) is 1. The minimum Gasteiger partial charge on any atom is -0.281 e. The normalized spacial score (nSPS) is 12.9. The van der Waals surface area contributed by atoms with Crippen molar-refractivity contribution in [2.45, 2.75) is 19.8 Å². The molecule has 0 fully saturated rings. The Balaban J connectivity index is 3.05. The van der Waals surface area contributed by atoms with Crippen LogP contribution in [0, 0.1) is 5.92 Å². The number of rotatable bonds is 3. The summed E-state index contributed by atoms with van der Waals surface area (Å²) >= 11 is 8.95. The zero-order valence-electron chi connectivity index (χ0n) is 8.13. The van der Waals surface area contributed by atoms with Crippen molar-refractivity contribution in [1.82, 2.24) is 0 Å². The van der Waals surface area contributed by atoms with E-state index in [9.17, 15) is 4.79 Å². The fourth-order valence-electron chi connectivity index (χ4n) is 1.48. The fourth-order valence-corrected chi connectivity index (χ4v) is 2.27. The van der Waals surface area contributed by atoms with E-state index in [1.165, 1.54) is 0 Å². The highest BCUT2D eigenvalue weighted by Crippen LogP contribution is 2.28. The van der Waals surface area contributed by atoms with E-state index in [-0.39, 0.29) is 17.1 Å². The van der Waals surface area contributed by atoms with E-state index in [2.05, 4.69) is 15.9 Å². The van der Waals surface area contributed by atoms with Crippen LogP contribution in [-0.2, 0) is 4.79 Å². The Hall–Kier alpha value is -0.340. The first kappa shape index (κ1) is 11.7. The van der Waals surface area contributed by atoms with E-state index in [1.54, 1.807) is 0 Å². The van der Waals surface area contributed by atoms with Crippen molar-refractivity contribution < 1.29 is 4.79 Å². The summed E-state index contributed by atoms with van der Waals surface area (Å²) in [6.07, 6.45) is 0. The Bertz CT molecular complexity index is 336. The van der Waals surface area contributed by atoms with E-state index < -0.39 is 0 Å². The molecular weight excluding hydrogens is 263 g/mol. The molecule has 76 valence electrons. The van der Waals surface area contributed by atoms with Crippen molar-refractivity contribution in [3.05, 3.63) is 34.3 Å². The number of carbonyl (C=O) groups excluding carboxylic acids is 1. The Morgan fingerprint density at radius 3 is 2.50 bits per heavy atom. The van der Waals surface area contributed by atoms with E-state index in [4.69, 9.17) is 11.6 Å². The predicted molar refractivity (Wildman–Crippen MR) is 62.6 cm³/mol. The highest BCUT2D eigenvalue weighted by atomic mass is 79.9. The molecule has 1 rings (SSSR count). The molecule has 1 unspecified atom stereocenters. The Labute approximate surface area is 97.6 Å². The van der Waals surface area contributed by atoms with Gasteiger partial charge in [-0.15, -0.1) is 0 Å². The highest BCUT2D eigenvalue weighted by molar-refractivity contribution is 9.10. The van der Waals surface area contributed by atoms with Crippen molar-refractivity contribution in [3.63, 3.8) is 0 Å². The smallest absolute Gasteiger partial charge is 0.229 e. The molecule has 1 nitrogen and oxygen atoms in total. The quantitative estimate of drug-likeness (QED) is 0.763. The van der Waals surface area contributed by atoms with Gasteiger partial charge in [0.2, 0.25) is 5.24 Å². The lowest BCUT2D eigenvalue weighted by molar-refractivity contribution is -0.113. The van der Waals surface area contributed by atoms with Gasteiger partial charge in [-0.1, -0.05) is 41.9 Å². The van der Waals surface area contributed by atoms with Crippen LogP contribution in [0.1, 0.15) is 25.3 Å². The molecule has 0 heterocycles. The molecule has 0 saturated carbocycles. The molecule has 0 aliphatic carbocycles. The minimum atomic E-state index is -0.293. The average Bonchev–Trinajstić information content (AvgIpc) is 2.02. The third-order valence-electron chi connectivity index (χ3n) is 2.12. The minimum absolute atomic E-state index is 0.214. The Morgan fingerprint density at radius 2 is 2.07 bits per heavy atom.